The maximum absolute atomic E-state index is 11.7. The fraction of sp³-hybridized carbons (Fsp3) is 0.382. The first-order chi connectivity index (χ1) is 19.4. The van der Waals surface area contributed by atoms with Crippen molar-refractivity contribution in [1.29, 1.82) is 0 Å². The second kappa shape index (κ2) is 10.9. The summed E-state index contributed by atoms with van der Waals surface area (Å²) in [5, 5.41) is 13.8. The van der Waals surface area contributed by atoms with Crippen LogP contribution in [0.3, 0.4) is 0 Å². The van der Waals surface area contributed by atoms with Crippen molar-refractivity contribution in [1.82, 2.24) is 10.1 Å². The molecule has 6 rings (SSSR count). The summed E-state index contributed by atoms with van der Waals surface area (Å²) in [5.74, 6) is 1.30. The first-order valence-corrected chi connectivity index (χ1v) is 14.5. The molecule has 2 heterocycles. The number of carboxylic acid groups (broad SMARTS) is 1. The zero-order valence-electron chi connectivity index (χ0n) is 23.2. The summed E-state index contributed by atoms with van der Waals surface area (Å²) in [4.78, 5) is 16.5. The predicted molar refractivity (Wildman–Crippen MR) is 154 cm³/mol. The summed E-state index contributed by atoms with van der Waals surface area (Å²) >= 11 is 0. The number of hydrogen-bond donors (Lipinski definition) is 1. The molecule has 40 heavy (non-hydrogen) atoms. The Labute approximate surface area is 235 Å². The maximum Gasteiger partial charge on any atom is 0.314 e. The summed E-state index contributed by atoms with van der Waals surface area (Å²) in [6.45, 7) is 4.14. The van der Waals surface area contributed by atoms with Crippen LogP contribution in [0.4, 0.5) is 0 Å². The Hall–Kier alpha value is -3.93. The molecule has 0 bridgehead atoms. The molecule has 0 spiro atoms. The van der Waals surface area contributed by atoms with Gasteiger partial charge in [-0.1, -0.05) is 79.0 Å². The van der Waals surface area contributed by atoms with Crippen LogP contribution in [0, 0.1) is 12.8 Å². The molecular formula is C34H36N2O4. The highest BCUT2D eigenvalue weighted by Gasteiger charge is 2.51. The van der Waals surface area contributed by atoms with Gasteiger partial charge >= 0.3 is 5.97 Å². The molecule has 0 amide bonds. The fourth-order valence-electron chi connectivity index (χ4n) is 6.06. The molecule has 1 N–H and O–H groups in total. The van der Waals surface area contributed by atoms with Crippen molar-refractivity contribution in [2.24, 2.45) is 5.92 Å². The smallest absolute Gasteiger partial charge is 0.314 e. The molecule has 2 saturated carbocycles. The Kier molecular flexibility index (Phi) is 7.18. The lowest BCUT2D eigenvalue weighted by atomic mass is 9.86. The highest BCUT2D eigenvalue weighted by atomic mass is 16.5. The van der Waals surface area contributed by atoms with Crippen LogP contribution in [-0.4, -0.2) is 27.3 Å². The molecule has 2 aliphatic carbocycles. The quantitative estimate of drug-likeness (QED) is 0.235. The molecule has 2 aromatic carbocycles. The van der Waals surface area contributed by atoms with Gasteiger partial charge in [0.05, 0.1) is 11.1 Å². The van der Waals surface area contributed by atoms with E-state index in [1.54, 1.807) is 0 Å². The van der Waals surface area contributed by atoms with Crippen LogP contribution in [0.5, 0.6) is 5.88 Å². The first kappa shape index (κ1) is 26.3. The average molecular weight is 537 g/mol. The van der Waals surface area contributed by atoms with E-state index in [4.69, 9.17) is 14.2 Å². The van der Waals surface area contributed by atoms with Crippen molar-refractivity contribution in [2.45, 2.75) is 76.7 Å². The molecule has 6 heteroatoms. The van der Waals surface area contributed by atoms with Crippen molar-refractivity contribution < 1.29 is 19.2 Å². The van der Waals surface area contributed by atoms with Crippen LogP contribution in [-0.2, 0) is 16.6 Å². The molecule has 0 aliphatic heterocycles. The summed E-state index contributed by atoms with van der Waals surface area (Å²) in [6, 6.07) is 22.1. The van der Waals surface area contributed by atoms with Gasteiger partial charge in [-0.25, -0.2) is 4.98 Å². The van der Waals surface area contributed by atoms with E-state index in [1.807, 2.05) is 61.5 Å². The largest absolute Gasteiger partial charge is 0.481 e. The molecule has 6 nitrogen and oxygen atoms in total. The van der Waals surface area contributed by atoms with Gasteiger partial charge in [-0.2, -0.15) is 0 Å². The third kappa shape index (κ3) is 5.27. The second-order valence-electron chi connectivity index (χ2n) is 11.5. The van der Waals surface area contributed by atoms with E-state index in [9.17, 15) is 9.90 Å². The van der Waals surface area contributed by atoms with Gasteiger partial charge in [-0.05, 0) is 68.2 Å². The van der Waals surface area contributed by atoms with Gasteiger partial charge in [0.2, 0.25) is 5.88 Å². The van der Waals surface area contributed by atoms with Crippen molar-refractivity contribution in [3.63, 3.8) is 0 Å². The van der Waals surface area contributed by atoms with E-state index >= 15 is 0 Å². The van der Waals surface area contributed by atoms with Crippen LogP contribution in [0.2, 0.25) is 0 Å². The molecule has 2 aliphatic rings. The lowest BCUT2D eigenvalue weighted by molar-refractivity contribution is -0.140. The number of carbonyl (C=O) groups is 1. The number of nitrogens with zero attached hydrogens (tertiary/aromatic N) is 2. The highest BCUT2D eigenvalue weighted by Crippen LogP contribution is 2.48. The van der Waals surface area contributed by atoms with Crippen LogP contribution >= 0.6 is 0 Å². The van der Waals surface area contributed by atoms with E-state index < -0.39 is 11.4 Å². The third-order valence-electron chi connectivity index (χ3n) is 8.82. The monoisotopic (exact) mass is 536 g/mol. The Morgan fingerprint density at radius 2 is 1.62 bits per heavy atom. The Morgan fingerprint density at radius 3 is 2.27 bits per heavy atom. The zero-order chi connectivity index (χ0) is 27.7. The third-order valence-corrected chi connectivity index (χ3v) is 8.82. The molecule has 206 valence electrons. The van der Waals surface area contributed by atoms with Gasteiger partial charge in [-0.15, -0.1) is 0 Å². The molecule has 0 saturated heterocycles. The summed E-state index contributed by atoms with van der Waals surface area (Å²) in [7, 11) is 0. The fourth-order valence-corrected chi connectivity index (χ4v) is 6.06. The van der Waals surface area contributed by atoms with E-state index in [-0.39, 0.29) is 6.10 Å². The van der Waals surface area contributed by atoms with Crippen molar-refractivity contribution in [3.8, 4) is 28.3 Å². The molecule has 2 fully saturated rings. The van der Waals surface area contributed by atoms with Gasteiger partial charge in [0.1, 0.15) is 6.10 Å². The summed E-state index contributed by atoms with van der Waals surface area (Å²) in [6.07, 6.45) is 8.58. The minimum absolute atomic E-state index is 0.164. The Balaban J connectivity index is 1.17. The molecule has 4 aromatic rings. The van der Waals surface area contributed by atoms with E-state index in [0.717, 1.165) is 45.0 Å². The van der Waals surface area contributed by atoms with Crippen molar-refractivity contribution in [3.05, 3.63) is 89.2 Å². The molecule has 2 aromatic heterocycles. The minimum atomic E-state index is -0.730. The van der Waals surface area contributed by atoms with Gasteiger partial charge in [0, 0.05) is 29.3 Å². The minimum Gasteiger partial charge on any atom is -0.481 e. The lowest BCUT2D eigenvalue weighted by Crippen LogP contribution is -2.26. The lowest BCUT2D eigenvalue weighted by Gasteiger charge is -2.27. The Bertz CT molecular complexity index is 1480. The SMILES string of the molecule is Cc1noc(-c2ccc(-c3ccc(C4(C(=O)O)CC4)cc3)cc2)c1Cc1cccc(OC(C)C2CCCCC2)n1. The first-order valence-electron chi connectivity index (χ1n) is 14.5. The number of aryl methyl sites for hydroxylation is 1. The van der Waals surface area contributed by atoms with Gasteiger partial charge < -0.3 is 14.4 Å². The summed E-state index contributed by atoms with van der Waals surface area (Å²) < 4.78 is 12.1. The molecule has 1 unspecified atom stereocenters. The normalized spacial score (nSPS) is 17.4. The van der Waals surface area contributed by atoms with Gasteiger partial charge in [0.25, 0.3) is 0 Å². The van der Waals surface area contributed by atoms with E-state index in [2.05, 4.69) is 24.2 Å². The van der Waals surface area contributed by atoms with Crippen LogP contribution in [0.25, 0.3) is 22.5 Å². The summed E-state index contributed by atoms with van der Waals surface area (Å²) in [5.41, 5.74) is 6.06. The van der Waals surface area contributed by atoms with Gasteiger partial charge in [0.15, 0.2) is 5.76 Å². The number of hydrogen-bond acceptors (Lipinski definition) is 5. The van der Waals surface area contributed by atoms with E-state index in [1.165, 1.54) is 32.1 Å². The predicted octanol–water partition coefficient (Wildman–Crippen LogP) is 7.77. The second-order valence-corrected chi connectivity index (χ2v) is 11.5. The topological polar surface area (TPSA) is 85.5 Å². The van der Waals surface area contributed by atoms with Crippen molar-refractivity contribution in [2.75, 3.05) is 0 Å². The number of aromatic nitrogens is 2. The zero-order valence-corrected chi connectivity index (χ0v) is 23.2. The number of aliphatic carboxylic acids is 1. The number of carboxylic acids is 1. The van der Waals surface area contributed by atoms with Crippen LogP contribution < -0.4 is 4.74 Å². The number of pyridine rings is 1. The maximum atomic E-state index is 11.7. The van der Waals surface area contributed by atoms with Gasteiger partial charge in [-0.3, -0.25) is 4.79 Å². The molecular weight excluding hydrogens is 500 g/mol. The number of rotatable bonds is 9. The number of benzene rings is 2. The van der Waals surface area contributed by atoms with Crippen molar-refractivity contribution >= 4 is 5.97 Å². The Morgan fingerprint density at radius 1 is 0.975 bits per heavy atom. The number of ether oxygens (including phenoxy) is 1. The van der Waals surface area contributed by atoms with E-state index in [0.29, 0.717) is 31.1 Å². The molecule has 0 radical (unpaired) electrons. The average Bonchev–Trinajstić information content (AvgIpc) is 3.73. The highest BCUT2D eigenvalue weighted by molar-refractivity contribution is 5.85. The van der Waals surface area contributed by atoms with Crippen LogP contribution in [0.1, 0.15) is 74.4 Å². The van der Waals surface area contributed by atoms with Crippen LogP contribution in [0.15, 0.2) is 71.3 Å². The standard InChI is InChI=1S/C34H36N2O4/c1-22-30(21-29-9-6-10-31(35-29)39-23(2)24-7-4-3-5-8-24)32(40-36-22)27-13-11-25(12-14-27)26-15-17-28(18-16-26)34(19-20-34)33(37)38/h6,9-18,23-24H,3-5,7-8,19-21H2,1-2H3,(H,37,38). The molecule has 1 atom stereocenters.